The number of nitrogens with zero attached hydrogens (tertiary/aromatic N) is 4. The fraction of sp³-hybridized carbons (Fsp3) is 0.917. The summed E-state index contributed by atoms with van der Waals surface area (Å²) in [4.78, 5) is 15.5. The molecule has 0 saturated carbocycles. The second kappa shape index (κ2) is 37.1. The van der Waals surface area contributed by atoms with E-state index in [1.807, 2.05) is 0 Å². The Morgan fingerprint density at radius 3 is 0.839 bits per heavy atom. The van der Waals surface area contributed by atoms with E-state index in [1.54, 1.807) is 0 Å². The van der Waals surface area contributed by atoms with Gasteiger partial charge >= 0.3 is 19.5 Å². The molecule has 2 atom stereocenters. The van der Waals surface area contributed by atoms with Crippen molar-refractivity contribution in [3.05, 3.63) is 21.3 Å². The molecule has 0 aromatic carbocycles. The minimum atomic E-state index is 0. The molecule has 31 heavy (non-hydrogen) atoms. The van der Waals surface area contributed by atoms with Crippen LogP contribution in [0.25, 0.3) is 21.3 Å². The Hall–Kier alpha value is -0.197. The molecule has 0 heterocycles. The van der Waals surface area contributed by atoms with E-state index in [1.165, 1.54) is 12.8 Å². The molecule has 0 N–H and O–H groups in total. The molecule has 0 rings (SSSR count). The van der Waals surface area contributed by atoms with E-state index in [0.29, 0.717) is 11.8 Å². The van der Waals surface area contributed by atoms with Crippen LogP contribution in [0, 0.1) is 11.8 Å². The minimum absolute atomic E-state index is 0. The van der Waals surface area contributed by atoms with Crippen LogP contribution >= 0.6 is 0 Å². The van der Waals surface area contributed by atoms with Gasteiger partial charge in [-0.3, -0.25) is 13.6 Å². The molecule has 2 unspecified atom stereocenters. The van der Waals surface area contributed by atoms with Gasteiger partial charge in [0.2, 0.25) is 0 Å². The molecule has 0 aromatic rings. The molecule has 0 bridgehead atoms. The van der Waals surface area contributed by atoms with Gasteiger partial charge in [-0.2, -0.15) is 26.2 Å². The van der Waals surface area contributed by atoms with Crippen LogP contribution in [0.15, 0.2) is 0 Å². The summed E-state index contributed by atoms with van der Waals surface area (Å²) in [5, 5.41) is 18.3. The third-order valence-electron chi connectivity index (χ3n) is 4.46. The standard InChI is InChI=1S/2C11H24N2.2CHO.Ru/c2*1-5-8-12-11(10(4)7-3)13-9-6-2;2*1-2;/h2*10-11H,5-9H2,1-4H3;2*1H;/q2*-2;2*-1;+6. The fourth-order valence-corrected chi connectivity index (χ4v) is 2.30. The Morgan fingerprint density at radius 1 is 0.516 bits per heavy atom. The zero-order valence-corrected chi connectivity index (χ0v) is 23.2. The molecular weight excluding hydrogens is 477 g/mol. The van der Waals surface area contributed by atoms with E-state index in [2.05, 4.69) is 90.2 Å². The van der Waals surface area contributed by atoms with Crippen LogP contribution < -0.4 is 0 Å². The van der Waals surface area contributed by atoms with Gasteiger partial charge in [0.05, 0.1) is 0 Å². The average Bonchev–Trinajstić information content (AvgIpc) is 2.81. The third kappa shape index (κ3) is 29.8. The Labute approximate surface area is 208 Å². The predicted octanol–water partition coefficient (Wildman–Crippen LogP) is 7.30. The summed E-state index contributed by atoms with van der Waals surface area (Å²) in [6.07, 6.45) is 7.39. The van der Waals surface area contributed by atoms with E-state index in [4.69, 9.17) is 9.59 Å². The maximum atomic E-state index is 7.75. The number of hydrogen-bond donors (Lipinski definition) is 0. The van der Waals surface area contributed by atoms with Gasteiger partial charge in [-0.1, -0.05) is 106 Å². The van der Waals surface area contributed by atoms with Crippen LogP contribution in [0.3, 0.4) is 0 Å². The second-order valence-corrected chi connectivity index (χ2v) is 7.22. The topological polar surface area (TPSA) is 90.5 Å². The van der Waals surface area contributed by atoms with Crippen LogP contribution in [-0.4, -0.2) is 52.1 Å². The summed E-state index contributed by atoms with van der Waals surface area (Å²) in [6, 6.07) is 0. The normalized spacial score (nSPS) is 11.7. The Kier molecular flexibility index (Phi) is 49.2. The Bertz CT molecular complexity index is 259. The van der Waals surface area contributed by atoms with Crippen molar-refractivity contribution in [1.29, 1.82) is 0 Å². The molecule has 0 aliphatic carbocycles. The van der Waals surface area contributed by atoms with E-state index in [0.717, 1.165) is 51.9 Å². The fourth-order valence-electron chi connectivity index (χ4n) is 2.30. The molecular formula is C24H50N4O2Ru. The van der Waals surface area contributed by atoms with Crippen LogP contribution in [0.2, 0.25) is 0 Å². The quantitative estimate of drug-likeness (QED) is 0.120. The monoisotopic (exact) mass is 528 g/mol. The van der Waals surface area contributed by atoms with Crippen LogP contribution in [-0.2, 0) is 29.1 Å². The van der Waals surface area contributed by atoms with Gasteiger partial charge in [-0.25, -0.2) is 12.3 Å². The van der Waals surface area contributed by atoms with Crippen molar-refractivity contribution in [2.45, 2.75) is 106 Å². The molecule has 7 heteroatoms. The van der Waals surface area contributed by atoms with Crippen molar-refractivity contribution in [2.75, 3.05) is 26.2 Å². The zero-order chi connectivity index (χ0) is 24.2. The molecule has 186 valence electrons. The van der Waals surface area contributed by atoms with Crippen LogP contribution in [0.4, 0.5) is 0 Å². The molecule has 0 radical (unpaired) electrons. The summed E-state index contributed by atoms with van der Waals surface area (Å²) in [5.41, 5.74) is 0. The van der Waals surface area contributed by atoms with Gasteiger partial charge < -0.3 is 30.9 Å². The Morgan fingerprint density at radius 2 is 0.710 bits per heavy atom. The van der Waals surface area contributed by atoms with Crippen molar-refractivity contribution in [3.8, 4) is 0 Å². The number of hydrogen-bond acceptors (Lipinski definition) is 2. The molecule has 0 aliphatic heterocycles. The van der Waals surface area contributed by atoms with E-state index < -0.39 is 0 Å². The summed E-state index contributed by atoms with van der Waals surface area (Å²) in [7, 11) is 0. The van der Waals surface area contributed by atoms with E-state index >= 15 is 0 Å². The number of rotatable bonds is 16. The van der Waals surface area contributed by atoms with Crippen molar-refractivity contribution in [1.82, 2.24) is 0 Å². The van der Waals surface area contributed by atoms with Gasteiger partial charge in [0.25, 0.3) is 0 Å². The second-order valence-electron chi connectivity index (χ2n) is 7.22. The molecule has 0 spiro atoms. The summed E-state index contributed by atoms with van der Waals surface area (Å²) in [6.45, 7) is 27.9. The van der Waals surface area contributed by atoms with Gasteiger partial charge in [-0.15, -0.1) is 0 Å². The first-order chi connectivity index (χ1) is 14.5. The molecule has 0 amide bonds. The van der Waals surface area contributed by atoms with Crippen LogP contribution in [0.5, 0.6) is 0 Å². The summed E-state index contributed by atoms with van der Waals surface area (Å²) >= 11 is 0. The molecule has 0 aromatic heterocycles. The van der Waals surface area contributed by atoms with Gasteiger partial charge in [-0.05, 0) is 0 Å². The van der Waals surface area contributed by atoms with Gasteiger partial charge in [0.1, 0.15) is 0 Å². The summed E-state index contributed by atoms with van der Waals surface area (Å²) in [5.74, 6) is 1.22. The molecule has 6 nitrogen and oxygen atoms in total. The maximum absolute atomic E-state index is 7.75. The SMILES string of the molecule is CCC[N-]C([N-]CCC)C(C)CC.CCC[N-]C([N-]CCC)C(C)CC.[CH-]=O.[CH-]=O.[Ru+6]. The van der Waals surface area contributed by atoms with Gasteiger partial charge in [0.15, 0.2) is 0 Å². The Balaban J connectivity index is -0.000000122. The molecule has 0 saturated heterocycles. The first kappa shape index (κ1) is 41.1. The minimum Gasteiger partial charge on any atom is -0.678 e. The number of carbonyl (C=O) groups excluding carboxylic acids is 2. The third-order valence-corrected chi connectivity index (χ3v) is 4.46. The molecule has 0 aliphatic rings. The first-order valence-corrected chi connectivity index (χ1v) is 11.6. The van der Waals surface area contributed by atoms with E-state index in [9.17, 15) is 0 Å². The zero-order valence-electron chi connectivity index (χ0n) is 21.5. The van der Waals surface area contributed by atoms with E-state index in [-0.39, 0.29) is 31.8 Å². The average molecular weight is 528 g/mol. The van der Waals surface area contributed by atoms with Crippen LogP contribution in [0.1, 0.15) is 93.9 Å². The summed E-state index contributed by atoms with van der Waals surface area (Å²) < 4.78 is 0. The van der Waals surface area contributed by atoms with Gasteiger partial charge in [0, 0.05) is 0 Å². The largest absolute Gasteiger partial charge is 6.00 e. The van der Waals surface area contributed by atoms with Crippen molar-refractivity contribution in [2.24, 2.45) is 11.8 Å². The van der Waals surface area contributed by atoms with Crippen molar-refractivity contribution in [3.63, 3.8) is 0 Å². The molecule has 0 fully saturated rings. The predicted molar refractivity (Wildman–Crippen MR) is 134 cm³/mol. The van der Waals surface area contributed by atoms with Crippen molar-refractivity contribution < 1.29 is 29.1 Å². The van der Waals surface area contributed by atoms with Crippen molar-refractivity contribution >= 4 is 13.6 Å². The first-order valence-electron chi connectivity index (χ1n) is 11.6. The maximum Gasteiger partial charge on any atom is 6.00 e. The smallest absolute Gasteiger partial charge is 0.678 e.